The van der Waals surface area contributed by atoms with E-state index in [0.29, 0.717) is 18.0 Å². The van der Waals surface area contributed by atoms with Crippen LogP contribution < -0.4 is 20.3 Å². The zero-order valence-corrected chi connectivity index (χ0v) is 14.4. The van der Waals surface area contributed by atoms with Crippen molar-refractivity contribution in [3.8, 4) is 11.8 Å². The van der Waals surface area contributed by atoms with E-state index >= 15 is 0 Å². The summed E-state index contributed by atoms with van der Waals surface area (Å²) in [5, 5.41) is 14.0. The summed E-state index contributed by atoms with van der Waals surface area (Å²) in [5.41, 5.74) is 1.60. The van der Waals surface area contributed by atoms with Crippen molar-refractivity contribution in [3.63, 3.8) is 0 Å². The molecule has 7 heteroatoms. The number of pyridine rings is 1. The van der Waals surface area contributed by atoms with E-state index in [1.54, 1.807) is 30.5 Å². The lowest BCUT2D eigenvalue weighted by Crippen LogP contribution is -2.28. The normalized spacial score (nSPS) is 13.1. The van der Waals surface area contributed by atoms with Crippen LogP contribution in [0.2, 0.25) is 0 Å². The maximum absolute atomic E-state index is 12.0. The minimum atomic E-state index is -0.292. The minimum absolute atomic E-state index is 0.00214. The van der Waals surface area contributed by atoms with E-state index in [9.17, 15) is 4.79 Å². The number of hydrogen-bond acceptors (Lipinski definition) is 5. The number of aromatic nitrogens is 1. The zero-order chi connectivity index (χ0) is 18.2. The third-order valence-corrected chi connectivity index (χ3v) is 4.11. The average molecular weight is 351 g/mol. The second-order valence-electron chi connectivity index (χ2n) is 6.00. The number of hydrogen-bond donors (Lipinski definition) is 2. The molecule has 0 aliphatic carbocycles. The van der Waals surface area contributed by atoms with Crippen molar-refractivity contribution < 1.29 is 9.53 Å². The van der Waals surface area contributed by atoms with Gasteiger partial charge in [-0.05, 0) is 48.7 Å². The van der Waals surface area contributed by atoms with Gasteiger partial charge in [0.1, 0.15) is 17.6 Å². The van der Waals surface area contributed by atoms with Crippen molar-refractivity contribution in [1.82, 2.24) is 10.3 Å². The first-order valence-electron chi connectivity index (χ1n) is 8.59. The molecule has 0 unspecified atom stereocenters. The monoisotopic (exact) mass is 351 g/mol. The lowest BCUT2D eigenvalue weighted by Gasteiger charge is -2.16. The van der Waals surface area contributed by atoms with Crippen LogP contribution in [-0.2, 0) is 6.54 Å². The van der Waals surface area contributed by atoms with Crippen LogP contribution in [-0.4, -0.2) is 30.7 Å². The van der Waals surface area contributed by atoms with Gasteiger partial charge in [0.2, 0.25) is 0 Å². The van der Waals surface area contributed by atoms with Crippen molar-refractivity contribution >= 4 is 17.5 Å². The van der Waals surface area contributed by atoms with Crippen LogP contribution in [0.4, 0.5) is 16.3 Å². The minimum Gasteiger partial charge on any atom is -0.479 e. The van der Waals surface area contributed by atoms with Crippen LogP contribution >= 0.6 is 0 Å². The van der Waals surface area contributed by atoms with Gasteiger partial charge in [0.15, 0.2) is 6.61 Å². The Labute approximate surface area is 152 Å². The fourth-order valence-electron chi connectivity index (χ4n) is 2.76. The number of rotatable bonds is 6. The first-order chi connectivity index (χ1) is 12.7. The van der Waals surface area contributed by atoms with Crippen LogP contribution in [0.3, 0.4) is 0 Å². The van der Waals surface area contributed by atoms with Gasteiger partial charge in [0.25, 0.3) is 0 Å². The molecule has 0 bridgehead atoms. The molecular formula is C19H21N5O2. The molecular weight excluding hydrogens is 330 g/mol. The SMILES string of the molecule is N#CCOc1ccc(NC(=O)NCc2ccc(N3CCCC3)nc2)cc1. The Balaban J connectivity index is 1.45. The van der Waals surface area contributed by atoms with Gasteiger partial charge >= 0.3 is 6.03 Å². The van der Waals surface area contributed by atoms with Gasteiger partial charge in [-0.25, -0.2) is 9.78 Å². The first kappa shape index (κ1) is 17.5. The predicted octanol–water partition coefficient (Wildman–Crippen LogP) is 2.91. The smallest absolute Gasteiger partial charge is 0.319 e. The summed E-state index contributed by atoms with van der Waals surface area (Å²) in [6, 6.07) is 12.4. The van der Waals surface area contributed by atoms with E-state index in [2.05, 4.69) is 20.5 Å². The van der Waals surface area contributed by atoms with E-state index in [-0.39, 0.29) is 12.6 Å². The van der Waals surface area contributed by atoms with Crippen LogP contribution in [0, 0.1) is 11.3 Å². The molecule has 7 nitrogen and oxygen atoms in total. The number of carbonyl (C=O) groups excluding carboxylic acids is 1. The van der Waals surface area contributed by atoms with Gasteiger partial charge in [-0.3, -0.25) is 0 Å². The molecule has 134 valence electrons. The van der Waals surface area contributed by atoms with E-state index in [1.807, 2.05) is 18.2 Å². The summed E-state index contributed by atoms with van der Waals surface area (Å²) in [5.74, 6) is 1.58. The molecule has 2 amide bonds. The lowest BCUT2D eigenvalue weighted by molar-refractivity contribution is 0.251. The Hall–Kier alpha value is -3.27. The van der Waals surface area contributed by atoms with Gasteiger partial charge in [0.05, 0.1) is 0 Å². The van der Waals surface area contributed by atoms with Crippen LogP contribution in [0.25, 0.3) is 0 Å². The number of nitrogens with zero attached hydrogens (tertiary/aromatic N) is 3. The number of ether oxygens (including phenoxy) is 1. The van der Waals surface area contributed by atoms with E-state index in [4.69, 9.17) is 10.00 Å². The zero-order valence-electron chi connectivity index (χ0n) is 14.4. The van der Waals surface area contributed by atoms with Gasteiger partial charge in [-0.2, -0.15) is 5.26 Å². The van der Waals surface area contributed by atoms with Crippen molar-refractivity contribution in [2.45, 2.75) is 19.4 Å². The average Bonchev–Trinajstić information content (AvgIpc) is 3.21. The maximum Gasteiger partial charge on any atom is 0.319 e. The summed E-state index contributed by atoms with van der Waals surface area (Å²) in [4.78, 5) is 18.7. The number of carbonyl (C=O) groups is 1. The maximum atomic E-state index is 12.0. The van der Waals surface area contributed by atoms with Crippen molar-refractivity contribution in [2.24, 2.45) is 0 Å². The molecule has 2 heterocycles. The molecule has 2 N–H and O–H groups in total. The topological polar surface area (TPSA) is 90.3 Å². The quantitative estimate of drug-likeness (QED) is 0.835. The molecule has 3 rings (SSSR count). The molecule has 1 aliphatic rings. The van der Waals surface area contributed by atoms with Crippen molar-refractivity contribution in [2.75, 3.05) is 29.9 Å². The van der Waals surface area contributed by atoms with Gasteiger partial charge in [-0.15, -0.1) is 0 Å². The highest BCUT2D eigenvalue weighted by atomic mass is 16.5. The highest BCUT2D eigenvalue weighted by molar-refractivity contribution is 5.89. The van der Waals surface area contributed by atoms with Gasteiger partial charge in [0, 0.05) is 31.5 Å². The third kappa shape index (κ3) is 4.86. The van der Waals surface area contributed by atoms with Gasteiger partial charge < -0.3 is 20.3 Å². The number of benzene rings is 1. The molecule has 0 spiro atoms. The van der Waals surface area contributed by atoms with Crippen molar-refractivity contribution in [1.29, 1.82) is 5.26 Å². The number of amides is 2. The molecule has 0 saturated carbocycles. The molecule has 1 fully saturated rings. The Morgan fingerprint density at radius 1 is 1.19 bits per heavy atom. The number of nitrogens with one attached hydrogen (secondary N) is 2. The largest absolute Gasteiger partial charge is 0.479 e. The summed E-state index contributed by atoms with van der Waals surface area (Å²) < 4.78 is 5.17. The third-order valence-electron chi connectivity index (χ3n) is 4.11. The summed E-state index contributed by atoms with van der Waals surface area (Å²) in [7, 11) is 0. The Morgan fingerprint density at radius 2 is 1.96 bits per heavy atom. The van der Waals surface area contributed by atoms with Crippen LogP contribution in [0.5, 0.6) is 5.75 Å². The summed E-state index contributed by atoms with van der Waals surface area (Å²) in [6.07, 6.45) is 4.24. The fraction of sp³-hybridized carbons (Fsp3) is 0.316. The lowest BCUT2D eigenvalue weighted by atomic mass is 10.2. The molecule has 26 heavy (non-hydrogen) atoms. The van der Waals surface area contributed by atoms with Crippen LogP contribution in [0.1, 0.15) is 18.4 Å². The standard InChI is InChI=1S/C19H21N5O2/c20-9-12-26-17-6-4-16(5-7-17)23-19(25)22-14-15-3-8-18(21-13-15)24-10-1-2-11-24/h3-8,13H,1-2,10-12,14H2,(H2,22,23,25). The summed E-state index contributed by atoms with van der Waals surface area (Å²) in [6.45, 7) is 2.53. The van der Waals surface area contributed by atoms with Gasteiger partial charge in [-0.1, -0.05) is 6.07 Å². The Morgan fingerprint density at radius 3 is 2.62 bits per heavy atom. The highest BCUT2D eigenvalue weighted by Gasteiger charge is 2.13. The second-order valence-corrected chi connectivity index (χ2v) is 6.00. The van der Waals surface area contributed by atoms with Crippen molar-refractivity contribution in [3.05, 3.63) is 48.2 Å². The predicted molar refractivity (Wildman–Crippen MR) is 99.1 cm³/mol. The molecule has 1 aliphatic heterocycles. The van der Waals surface area contributed by atoms with E-state index in [1.165, 1.54) is 12.8 Å². The Kier molecular flexibility index (Phi) is 5.88. The Bertz CT molecular complexity index is 762. The summed E-state index contributed by atoms with van der Waals surface area (Å²) >= 11 is 0. The number of anilines is 2. The molecule has 0 radical (unpaired) electrons. The number of urea groups is 1. The molecule has 2 aromatic rings. The first-order valence-corrected chi connectivity index (χ1v) is 8.59. The van der Waals surface area contributed by atoms with E-state index in [0.717, 1.165) is 24.5 Å². The molecule has 1 aromatic heterocycles. The fourth-order valence-corrected chi connectivity index (χ4v) is 2.76. The highest BCUT2D eigenvalue weighted by Crippen LogP contribution is 2.18. The second kappa shape index (κ2) is 8.72. The molecule has 1 aromatic carbocycles. The number of nitriles is 1. The molecule has 0 atom stereocenters. The van der Waals surface area contributed by atoms with Crippen LogP contribution in [0.15, 0.2) is 42.6 Å². The van der Waals surface area contributed by atoms with E-state index < -0.39 is 0 Å². The molecule has 1 saturated heterocycles.